The molecule has 82 valence electrons. The molecule has 0 aromatic heterocycles. The maximum atomic E-state index is 3.66. The summed E-state index contributed by atoms with van der Waals surface area (Å²) < 4.78 is 0. The van der Waals surface area contributed by atoms with Crippen LogP contribution < -0.4 is 0 Å². The highest BCUT2D eigenvalue weighted by Crippen LogP contribution is 2.28. The second kappa shape index (κ2) is 5.50. The van der Waals surface area contributed by atoms with Gasteiger partial charge in [-0.2, -0.15) is 0 Å². The Bertz CT molecular complexity index is 166. The van der Waals surface area contributed by atoms with E-state index in [2.05, 4.69) is 20.8 Å². The third kappa shape index (κ3) is 2.73. The van der Waals surface area contributed by atoms with Crippen molar-refractivity contribution < 1.29 is 0 Å². The van der Waals surface area contributed by atoms with Gasteiger partial charge in [0.05, 0.1) is 0 Å². The molecule has 1 heterocycles. The molecule has 1 aliphatic carbocycles. The van der Waals surface area contributed by atoms with E-state index < -0.39 is 0 Å². The Morgan fingerprint density at radius 1 is 1.00 bits per heavy atom. The van der Waals surface area contributed by atoms with Crippen LogP contribution >= 0.6 is 15.9 Å². The molecule has 1 aliphatic heterocycles. The lowest BCUT2D eigenvalue weighted by Crippen LogP contribution is -2.42. The Balaban J connectivity index is 1.81. The number of hydrogen-bond acceptors (Lipinski definition) is 1. The molecule has 0 aromatic rings. The number of rotatable bonds is 3. The average Bonchev–Trinajstić information content (AvgIpc) is 2.71. The van der Waals surface area contributed by atoms with Gasteiger partial charge in [-0.05, 0) is 38.1 Å². The zero-order chi connectivity index (χ0) is 9.80. The largest absolute Gasteiger partial charge is 0.299 e. The van der Waals surface area contributed by atoms with Crippen molar-refractivity contribution >= 4 is 15.9 Å². The Kier molecular flexibility index (Phi) is 4.30. The lowest BCUT2D eigenvalue weighted by molar-refractivity contribution is 0.140. The predicted molar refractivity (Wildman–Crippen MR) is 65.0 cm³/mol. The summed E-state index contributed by atoms with van der Waals surface area (Å²) in [4.78, 5) is 2.74. The van der Waals surface area contributed by atoms with Crippen molar-refractivity contribution in [3.05, 3.63) is 0 Å². The van der Waals surface area contributed by atoms with Crippen LogP contribution in [0.25, 0.3) is 0 Å². The fourth-order valence-electron chi connectivity index (χ4n) is 3.00. The fourth-order valence-corrected chi connectivity index (χ4v) is 3.73. The first-order chi connectivity index (χ1) is 6.90. The summed E-state index contributed by atoms with van der Waals surface area (Å²) >= 11 is 3.66. The number of alkyl halides is 1. The molecule has 2 aliphatic rings. The van der Waals surface area contributed by atoms with Crippen molar-refractivity contribution in [2.45, 2.75) is 51.0 Å². The number of likely N-dealkylation sites (tertiary alicyclic amines) is 1. The van der Waals surface area contributed by atoms with E-state index in [0.29, 0.717) is 0 Å². The maximum Gasteiger partial charge on any atom is 0.0192 e. The molecule has 0 bridgehead atoms. The van der Waals surface area contributed by atoms with E-state index in [1.807, 2.05) is 0 Å². The molecule has 1 atom stereocenters. The van der Waals surface area contributed by atoms with Crippen LogP contribution in [0.5, 0.6) is 0 Å². The van der Waals surface area contributed by atoms with E-state index in [4.69, 9.17) is 0 Å². The Morgan fingerprint density at radius 2 is 1.71 bits per heavy atom. The van der Waals surface area contributed by atoms with Gasteiger partial charge in [-0.1, -0.05) is 35.2 Å². The summed E-state index contributed by atoms with van der Waals surface area (Å²) in [5, 5.41) is 1.18. The van der Waals surface area contributed by atoms with Gasteiger partial charge in [0.25, 0.3) is 0 Å². The molecule has 0 aromatic carbocycles. The molecule has 1 nitrogen and oxygen atoms in total. The van der Waals surface area contributed by atoms with Crippen LogP contribution in [0.3, 0.4) is 0 Å². The molecule has 1 unspecified atom stereocenters. The minimum absolute atomic E-state index is 0.837. The first-order valence-electron chi connectivity index (χ1n) is 6.20. The van der Waals surface area contributed by atoms with E-state index in [1.165, 1.54) is 63.4 Å². The van der Waals surface area contributed by atoms with Gasteiger partial charge in [0, 0.05) is 17.9 Å². The SMILES string of the molecule is BrCC1CCCCN1CC1CCCC1. The van der Waals surface area contributed by atoms with Crippen LogP contribution in [-0.2, 0) is 0 Å². The molecule has 2 fully saturated rings. The van der Waals surface area contributed by atoms with Crippen molar-refractivity contribution in [1.29, 1.82) is 0 Å². The quantitative estimate of drug-likeness (QED) is 0.703. The van der Waals surface area contributed by atoms with Crippen LogP contribution in [-0.4, -0.2) is 29.4 Å². The average molecular weight is 260 g/mol. The van der Waals surface area contributed by atoms with Gasteiger partial charge in [-0.3, -0.25) is 4.90 Å². The smallest absolute Gasteiger partial charge is 0.0192 e. The van der Waals surface area contributed by atoms with Crippen LogP contribution in [0.1, 0.15) is 44.9 Å². The van der Waals surface area contributed by atoms with Crippen LogP contribution in [0.4, 0.5) is 0 Å². The van der Waals surface area contributed by atoms with Crippen molar-refractivity contribution in [2.75, 3.05) is 18.4 Å². The number of halogens is 1. The van der Waals surface area contributed by atoms with Gasteiger partial charge in [-0.15, -0.1) is 0 Å². The zero-order valence-electron chi connectivity index (χ0n) is 9.05. The van der Waals surface area contributed by atoms with Crippen LogP contribution in [0.15, 0.2) is 0 Å². The molecule has 2 heteroatoms. The highest BCUT2D eigenvalue weighted by Gasteiger charge is 2.25. The number of hydrogen-bond donors (Lipinski definition) is 0. The van der Waals surface area contributed by atoms with Gasteiger partial charge in [-0.25, -0.2) is 0 Å². The van der Waals surface area contributed by atoms with Crippen LogP contribution in [0.2, 0.25) is 0 Å². The first-order valence-corrected chi connectivity index (χ1v) is 7.32. The Hall–Kier alpha value is 0.440. The topological polar surface area (TPSA) is 3.24 Å². The highest BCUT2D eigenvalue weighted by atomic mass is 79.9. The van der Waals surface area contributed by atoms with Crippen LogP contribution in [0, 0.1) is 5.92 Å². The second-order valence-electron chi connectivity index (χ2n) is 4.95. The number of piperidine rings is 1. The molecular formula is C12H22BrN. The van der Waals surface area contributed by atoms with E-state index in [1.54, 1.807) is 0 Å². The van der Waals surface area contributed by atoms with Crippen molar-refractivity contribution in [1.82, 2.24) is 4.90 Å². The minimum atomic E-state index is 0.837. The summed E-state index contributed by atoms with van der Waals surface area (Å²) in [6, 6.07) is 0.837. The molecule has 0 spiro atoms. The summed E-state index contributed by atoms with van der Waals surface area (Å²) in [7, 11) is 0. The Labute approximate surface area is 96.4 Å². The monoisotopic (exact) mass is 259 g/mol. The van der Waals surface area contributed by atoms with Gasteiger partial charge in [0.1, 0.15) is 0 Å². The van der Waals surface area contributed by atoms with E-state index in [0.717, 1.165) is 12.0 Å². The molecule has 1 saturated heterocycles. The molecule has 1 saturated carbocycles. The molecule has 2 rings (SSSR count). The van der Waals surface area contributed by atoms with E-state index in [9.17, 15) is 0 Å². The first kappa shape index (κ1) is 10.9. The van der Waals surface area contributed by atoms with Crippen molar-refractivity contribution in [3.8, 4) is 0 Å². The fraction of sp³-hybridized carbons (Fsp3) is 1.00. The summed E-state index contributed by atoms with van der Waals surface area (Å²) in [6.45, 7) is 2.74. The molecule has 0 amide bonds. The summed E-state index contributed by atoms with van der Waals surface area (Å²) in [5.41, 5.74) is 0. The zero-order valence-corrected chi connectivity index (χ0v) is 10.6. The van der Waals surface area contributed by atoms with Crippen molar-refractivity contribution in [3.63, 3.8) is 0 Å². The lowest BCUT2D eigenvalue weighted by Gasteiger charge is -2.36. The molecule has 14 heavy (non-hydrogen) atoms. The normalized spacial score (nSPS) is 31.1. The maximum absolute atomic E-state index is 3.66. The van der Waals surface area contributed by atoms with Gasteiger partial charge >= 0.3 is 0 Å². The third-order valence-electron chi connectivity index (χ3n) is 3.89. The third-order valence-corrected chi connectivity index (χ3v) is 4.64. The summed E-state index contributed by atoms with van der Waals surface area (Å²) in [5.74, 6) is 1.02. The van der Waals surface area contributed by atoms with Gasteiger partial charge < -0.3 is 0 Å². The number of nitrogens with zero attached hydrogens (tertiary/aromatic N) is 1. The van der Waals surface area contributed by atoms with E-state index >= 15 is 0 Å². The summed E-state index contributed by atoms with van der Waals surface area (Å²) in [6.07, 6.45) is 10.2. The second-order valence-corrected chi connectivity index (χ2v) is 5.60. The predicted octanol–water partition coefficient (Wildman–Crippen LogP) is 3.43. The highest BCUT2D eigenvalue weighted by molar-refractivity contribution is 9.09. The van der Waals surface area contributed by atoms with Gasteiger partial charge in [0.15, 0.2) is 0 Å². The standard InChI is InChI=1S/C12H22BrN/c13-9-12-7-3-4-8-14(12)10-11-5-1-2-6-11/h11-12H,1-10H2. The van der Waals surface area contributed by atoms with Gasteiger partial charge in [0.2, 0.25) is 0 Å². The Morgan fingerprint density at radius 3 is 2.43 bits per heavy atom. The molecular weight excluding hydrogens is 238 g/mol. The van der Waals surface area contributed by atoms with E-state index in [-0.39, 0.29) is 0 Å². The van der Waals surface area contributed by atoms with Crippen molar-refractivity contribution in [2.24, 2.45) is 5.92 Å². The molecule has 0 N–H and O–H groups in total. The molecule has 0 radical (unpaired) electrons. The minimum Gasteiger partial charge on any atom is -0.299 e. The lowest BCUT2D eigenvalue weighted by atomic mass is 10.0.